The zero-order chi connectivity index (χ0) is 9.42. The number of phenols is 1. The van der Waals surface area contributed by atoms with Crippen molar-refractivity contribution in [1.82, 2.24) is 4.98 Å². The number of aromatic nitrogens is 1. The van der Waals surface area contributed by atoms with Crippen LogP contribution in [0.1, 0.15) is 12.5 Å². The Balaban J connectivity index is 2.82. The second-order valence-electron chi connectivity index (χ2n) is 3.02. The number of aryl methyl sites for hydroxylation is 1. The Hall–Kier alpha value is -1.51. The van der Waals surface area contributed by atoms with E-state index in [4.69, 9.17) is 0 Å². The molecule has 68 valence electrons. The van der Waals surface area contributed by atoms with Crippen LogP contribution in [0.25, 0.3) is 10.9 Å². The van der Waals surface area contributed by atoms with Crippen LogP contribution in [0.15, 0.2) is 18.3 Å². The first kappa shape index (κ1) is 8.10. The lowest BCUT2D eigenvalue weighted by molar-refractivity contribution is 0.471. The molecule has 1 heterocycles. The fourth-order valence-electron chi connectivity index (χ4n) is 1.52. The monoisotopic (exact) mass is 179 g/mol. The summed E-state index contributed by atoms with van der Waals surface area (Å²) in [5, 5.41) is 9.96. The van der Waals surface area contributed by atoms with Crippen molar-refractivity contribution in [2.75, 3.05) is 0 Å². The van der Waals surface area contributed by atoms with Crippen molar-refractivity contribution in [3.63, 3.8) is 0 Å². The number of phenolic OH excluding ortho intramolecular Hbond substituents is 1. The molecule has 2 nitrogen and oxygen atoms in total. The minimum atomic E-state index is -0.408. The molecule has 0 radical (unpaired) electrons. The van der Waals surface area contributed by atoms with Gasteiger partial charge in [-0.1, -0.05) is 6.92 Å². The number of rotatable bonds is 1. The summed E-state index contributed by atoms with van der Waals surface area (Å²) < 4.78 is 13.2. The van der Waals surface area contributed by atoms with Crippen molar-refractivity contribution in [2.45, 2.75) is 13.3 Å². The third kappa shape index (κ3) is 1.16. The summed E-state index contributed by atoms with van der Waals surface area (Å²) >= 11 is 0. The lowest BCUT2D eigenvalue weighted by atomic mass is 10.1. The van der Waals surface area contributed by atoms with Gasteiger partial charge in [0.25, 0.3) is 0 Å². The number of halogens is 1. The average Bonchev–Trinajstić information content (AvgIpc) is 2.47. The van der Waals surface area contributed by atoms with E-state index in [-0.39, 0.29) is 5.75 Å². The summed E-state index contributed by atoms with van der Waals surface area (Å²) in [5.74, 6) is -0.436. The van der Waals surface area contributed by atoms with Gasteiger partial charge in [0, 0.05) is 17.6 Å². The van der Waals surface area contributed by atoms with Crippen LogP contribution in [-0.4, -0.2) is 10.1 Å². The third-order valence-corrected chi connectivity index (χ3v) is 2.19. The Kier molecular flexibility index (Phi) is 1.72. The molecule has 0 saturated carbocycles. The molecule has 0 aliphatic heterocycles. The minimum Gasteiger partial charge on any atom is -0.508 e. The highest BCUT2D eigenvalue weighted by atomic mass is 19.1. The normalized spacial score (nSPS) is 10.9. The highest BCUT2D eigenvalue weighted by Gasteiger charge is 2.07. The number of hydrogen-bond acceptors (Lipinski definition) is 1. The van der Waals surface area contributed by atoms with E-state index in [9.17, 15) is 9.50 Å². The fourth-order valence-corrected chi connectivity index (χ4v) is 1.52. The lowest BCUT2D eigenvalue weighted by Gasteiger charge is -1.96. The van der Waals surface area contributed by atoms with Crippen molar-refractivity contribution >= 4 is 10.9 Å². The Bertz CT molecular complexity index is 447. The molecule has 13 heavy (non-hydrogen) atoms. The van der Waals surface area contributed by atoms with E-state index >= 15 is 0 Å². The third-order valence-electron chi connectivity index (χ3n) is 2.19. The quantitative estimate of drug-likeness (QED) is 0.693. The number of benzene rings is 1. The maximum Gasteiger partial charge on any atom is 0.150 e. The van der Waals surface area contributed by atoms with Gasteiger partial charge in [-0.15, -0.1) is 0 Å². The van der Waals surface area contributed by atoms with E-state index in [0.717, 1.165) is 23.4 Å². The van der Waals surface area contributed by atoms with Gasteiger partial charge in [0.05, 0.1) is 5.52 Å². The van der Waals surface area contributed by atoms with Gasteiger partial charge < -0.3 is 10.1 Å². The number of aromatic amines is 1. The predicted octanol–water partition coefficient (Wildman–Crippen LogP) is 2.58. The zero-order valence-electron chi connectivity index (χ0n) is 7.26. The van der Waals surface area contributed by atoms with Crippen molar-refractivity contribution in [1.29, 1.82) is 0 Å². The molecule has 1 aromatic carbocycles. The molecule has 1 aromatic heterocycles. The number of nitrogens with one attached hydrogen (secondary N) is 1. The molecule has 0 spiro atoms. The smallest absolute Gasteiger partial charge is 0.150 e. The predicted molar refractivity (Wildman–Crippen MR) is 49.3 cm³/mol. The maximum atomic E-state index is 13.2. The fraction of sp³-hybridized carbons (Fsp3) is 0.200. The van der Waals surface area contributed by atoms with Crippen LogP contribution < -0.4 is 0 Å². The van der Waals surface area contributed by atoms with Crippen LogP contribution in [0.2, 0.25) is 0 Å². The van der Waals surface area contributed by atoms with E-state index in [0.29, 0.717) is 5.52 Å². The Morgan fingerprint density at radius 3 is 2.92 bits per heavy atom. The van der Waals surface area contributed by atoms with Crippen LogP contribution >= 0.6 is 0 Å². The van der Waals surface area contributed by atoms with E-state index in [2.05, 4.69) is 4.98 Å². The highest BCUT2D eigenvalue weighted by Crippen LogP contribution is 2.25. The Labute approximate surface area is 75.0 Å². The maximum absolute atomic E-state index is 13.2. The molecule has 0 saturated heterocycles. The molecule has 0 unspecified atom stereocenters. The molecule has 2 N–H and O–H groups in total. The summed E-state index contributed by atoms with van der Waals surface area (Å²) in [6.45, 7) is 1.99. The van der Waals surface area contributed by atoms with Crippen molar-refractivity contribution < 1.29 is 9.50 Å². The summed E-state index contributed by atoms with van der Waals surface area (Å²) in [4.78, 5) is 2.85. The first-order valence-electron chi connectivity index (χ1n) is 4.21. The highest BCUT2D eigenvalue weighted by molar-refractivity contribution is 5.85. The topological polar surface area (TPSA) is 36.0 Å². The van der Waals surface area contributed by atoms with Gasteiger partial charge in [-0.25, -0.2) is 4.39 Å². The van der Waals surface area contributed by atoms with Crippen LogP contribution in [0, 0.1) is 5.82 Å². The average molecular weight is 179 g/mol. The van der Waals surface area contributed by atoms with Crippen molar-refractivity contribution in [2.24, 2.45) is 0 Å². The van der Waals surface area contributed by atoms with E-state index in [1.54, 1.807) is 12.3 Å². The van der Waals surface area contributed by atoms with Crippen LogP contribution in [0.4, 0.5) is 4.39 Å². The Morgan fingerprint density at radius 2 is 2.23 bits per heavy atom. The molecule has 0 atom stereocenters. The standard InChI is InChI=1S/C10H10FNO/c1-2-6-5-12-10-8(6)3-7(13)4-9(10)11/h3-5,12-13H,2H2,1H3. The Morgan fingerprint density at radius 1 is 1.46 bits per heavy atom. The molecule has 2 aromatic rings. The lowest BCUT2D eigenvalue weighted by Crippen LogP contribution is -1.79. The second-order valence-corrected chi connectivity index (χ2v) is 3.02. The number of fused-ring (bicyclic) bond motifs is 1. The molecule has 0 aliphatic carbocycles. The summed E-state index contributed by atoms with van der Waals surface area (Å²) in [5.41, 5.74) is 1.49. The van der Waals surface area contributed by atoms with Gasteiger partial charge in [-0.05, 0) is 18.1 Å². The van der Waals surface area contributed by atoms with Crippen LogP contribution in [-0.2, 0) is 6.42 Å². The summed E-state index contributed by atoms with van der Waals surface area (Å²) in [7, 11) is 0. The number of hydrogen-bond donors (Lipinski definition) is 2. The van der Waals surface area contributed by atoms with E-state index in [1.165, 1.54) is 0 Å². The van der Waals surface area contributed by atoms with Gasteiger partial charge in [0.15, 0.2) is 5.82 Å². The zero-order valence-corrected chi connectivity index (χ0v) is 7.26. The largest absolute Gasteiger partial charge is 0.508 e. The van der Waals surface area contributed by atoms with Crippen LogP contribution in [0.3, 0.4) is 0 Å². The second kappa shape index (κ2) is 2.76. The van der Waals surface area contributed by atoms with Gasteiger partial charge in [-0.2, -0.15) is 0 Å². The van der Waals surface area contributed by atoms with Crippen molar-refractivity contribution in [3.8, 4) is 5.75 Å². The van der Waals surface area contributed by atoms with E-state index < -0.39 is 5.82 Å². The van der Waals surface area contributed by atoms with Gasteiger partial charge in [-0.3, -0.25) is 0 Å². The summed E-state index contributed by atoms with van der Waals surface area (Å²) in [6, 6.07) is 2.69. The first-order valence-corrected chi connectivity index (χ1v) is 4.21. The van der Waals surface area contributed by atoms with Gasteiger partial charge in [0.1, 0.15) is 5.75 Å². The number of H-pyrrole nitrogens is 1. The number of aromatic hydroxyl groups is 1. The molecule has 0 amide bonds. The molecule has 0 bridgehead atoms. The molecular weight excluding hydrogens is 169 g/mol. The van der Waals surface area contributed by atoms with E-state index in [1.807, 2.05) is 6.92 Å². The molecule has 2 rings (SSSR count). The minimum absolute atomic E-state index is 0.0284. The van der Waals surface area contributed by atoms with Gasteiger partial charge in [0.2, 0.25) is 0 Å². The van der Waals surface area contributed by atoms with Crippen LogP contribution in [0.5, 0.6) is 5.75 Å². The molecule has 3 heteroatoms. The van der Waals surface area contributed by atoms with Crippen molar-refractivity contribution in [3.05, 3.63) is 29.7 Å². The molecule has 0 aliphatic rings. The molecular formula is C10H10FNO. The SMILES string of the molecule is CCc1c[nH]c2c(F)cc(O)cc12. The van der Waals surface area contributed by atoms with Gasteiger partial charge >= 0.3 is 0 Å². The summed E-state index contributed by atoms with van der Waals surface area (Å²) in [6.07, 6.45) is 2.59. The molecule has 0 fully saturated rings. The first-order chi connectivity index (χ1) is 6.22.